The number of carbonyl (C=O) groups is 1. The van der Waals surface area contributed by atoms with E-state index in [0.29, 0.717) is 5.56 Å². The predicted molar refractivity (Wildman–Crippen MR) is 70.9 cm³/mol. The molecular weight excluding hydrogens is 212 g/mol. The fourth-order valence-electron chi connectivity index (χ4n) is 1.34. The third-order valence-corrected chi connectivity index (χ3v) is 2.29. The van der Waals surface area contributed by atoms with Crippen molar-refractivity contribution in [1.29, 1.82) is 0 Å². The molecule has 90 valence electrons. The average molecular weight is 230 g/mol. The summed E-state index contributed by atoms with van der Waals surface area (Å²) in [5, 5.41) is 9.61. The molecule has 0 saturated carbocycles. The first-order valence-corrected chi connectivity index (χ1v) is 5.51. The Morgan fingerprint density at radius 1 is 1.29 bits per heavy atom. The Hall–Kier alpha value is -1.67. The molecule has 0 radical (unpaired) electrons. The van der Waals surface area contributed by atoms with Gasteiger partial charge in [0.15, 0.2) is 5.78 Å². The Labute approximate surface area is 102 Å². The second-order valence-corrected chi connectivity index (χ2v) is 4.69. The largest absolute Gasteiger partial charge is 0.382 e. The molecule has 0 spiro atoms. The zero-order valence-electron chi connectivity index (χ0n) is 10.5. The van der Waals surface area contributed by atoms with Crippen LogP contribution in [-0.4, -0.2) is 16.5 Å². The van der Waals surface area contributed by atoms with Crippen LogP contribution >= 0.6 is 0 Å². The summed E-state index contributed by atoms with van der Waals surface area (Å²) in [5.74, 6) is -0.270. The summed E-state index contributed by atoms with van der Waals surface area (Å²) >= 11 is 0. The monoisotopic (exact) mass is 230 g/mol. The zero-order chi connectivity index (χ0) is 13.1. The molecule has 17 heavy (non-hydrogen) atoms. The lowest BCUT2D eigenvalue weighted by atomic mass is 9.96. The molecule has 0 fully saturated rings. The summed E-state index contributed by atoms with van der Waals surface area (Å²) in [5.41, 5.74) is 1.17. The summed E-state index contributed by atoms with van der Waals surface area (Å²) < 4.78 is 0. The molecule has 0 aromatic heterocycles. The van der Waals surface area contributed by atoms with Crippen LogP contribution in [0.4, 0.5) is 0 Å². The van der Waals surface area contributed by atoms with Gasteiger partial charge in [-0.1, -0.05) is 48.6 Å². The van der Waals surface area contributed by atoms with Crippen molar-refractivity contribution in [3.63, 3.8) is 0 Å². The highest BCUT2D eigenvalue weighted by atomic mass is 16.3. The van der Waals surface area contributed by atoms with E-state index in [2.05, 4.69) is 6.58 Å². The van der Waals surface area contributed by atoms with Gasteiger partial charge < -0.3 is 5.11 Å². The number of ketones is 1. The molecular formula is C15H18O2. The average Bonchev–Trinajstić information content (AvgIpc) is 2.25. The molecule has 1 N–H and O–H groups in total. The maximum absolute atomic E-state index is 11.8. The molecule has 0 bridgehead atoms. The Morgan fingerprint density at radius 2 is 1.82 bits per heavy atom. The van der Waals surface area contributed by atoms with Gasteiger partial charge in [0, 0.05) is 5.56 Å². The Balaban J connectivity index is 2.89. The van der Waals surface area contributed by atoms with Crippen LogP contribution in [-0.2, 0) is 0 Å². The van der Waals surface area contributed by atoms with Crippen LogP contribution < -0.4 is 0 Å². The predicted octanol–water partition coefficient (Wildman–Crippen LogP) is 3.23. The third-order valence-electron chi connectivity index (χ3n) is 2.29. The first-order chi connectivity index (χ1) is 7.80. The fourth-order valence-corrected chi connectivity index (χ4v) is 1.34. The summed E-state index contributed by atoms with van der Waals surface area (Å²) in [4.78, 5) is 11.8. The topological polar surface area (TPSA) is 37.3 Å². The van der Waals surface area contributed by atoms with Gasteiger partial charge in [-0.2, -0.15) is 0 Å². The Kier molecular flexibility index (Phi) is 4.02. The summed E-state index contributed by atoms with van der Waals surface area (Å²) in [6.45, 7) is 8.67. The van der Waals surface area contributed by atoms with E-state index in [1.807, 2.05) is 31.2 Å². The molecule has 0 heterocycles. The molecule has 0 atom stereocenters. The van der Waals surface area contributed by atoms with E-state index in [9.17, 15) is 9.90 Å². The van der Waals surface area contributed by atoms with E-state index in [0.717, 1.165) is 11.1 Å². The highest BCUT2D eigenvalue weighted by molar-refractivity contribution is 6.01. The Morgan fingerprint density at radius 3 is 2.24 bits per heavy atom. The number of hydrogen-bond donors (Lipinski definition) is 1. The first-order valence-electron chi connectivity index (χ1n) is 5.51. The molecule has 1 aromatic carbocycles. The van der Waals surface area contributed by atoms with Gasteiger partial charge in [0.05, 0.1) is 0 Å². The van der Waals surface area contributed by atoms with Gasteiger partial charge >= 0.3 is 0 Å². The van der Waals surface area contributed by atoms with Crippen molar-refractivity contribution in [3.8, 4) is 0 Å². The van der Waals surface area contributed by atoms with Crippen LogP contribution in [0.2, 0.25) is 0 Å². The van der Waals surface area contributed by atoms with E-state index in [1.165, 1.54) is 13.8 Å². The molecule has 0 amide bonds. The minimum absolute atomic E-state index is 0.270. The molecule has 2 heteroatoms. The van der Waals surface area contributed by atoms with E-state index < -0.39 is 5.60 Å². The maximum Gasteiger partial charge on any atom is 0.193 e. The molecule has 1 aromatic rings. The van der Waals surface area contributed by atoms with Crippen LogP contribution in [0.3, 0.4) is 0 Å². The number of aliphatic hydroxyl groups is 1. The highest BCUT2D eigenvalue weighted by Crippen LogP contribution is 2.14. The smallest absolute Gasteiger partial charge is 0.193 e. The van der Waals surface area contributed by atoms with Crippen LogP contribution in [0.15, 0.2) is 42.5 Å². The standard InChI is InChI=1S/C15H18O2/c1-11(2)5-6-12-7-9-13(10-8-12)14(16)15(3,4)17/h5-10,17H,1H2,2-4H3. The van der Waals surface area contributed by atoms with E-state index in [1.54, 1.807) is 12.1 Å². The van der Waals surface area contributed by atoms with Gasteiger partial charge in [0.1, 0.15) is 5.60 Å². The second kappa shape index (κ2) is 5.11. The van der Waals surface area contributed by atoms with E-state index >= 15 is 0 Å². The maximum atomic E-state index is 11.8. The van der Waals surface area contributed by atoms with Gasteiger partial charge in [-0.25, -0.2) is 0 Å². The van der Waals surface area contributed by atoms with Crippen LogP contribution in [0, 0.1) is 0 Å². The quantitative estimate of drug-likeness (QED) is 0.637. The van der Waals surface area contributed by atoms with E-state index in [-0.39, 0.29) is 5.78 Å². The number of rotatable bonds is 4. The lowest BCUT2D eigenvalue weighted by molar-refractivity contribution is 0.0488. The first kappa shape index (κ1) is 13.4. The lowest BCUT2D eigenvalue weighted by Gasteiger charge is -2.15. The molecule has 2 nitrogen and oxygen atoms in total. The summed E-state index contributed by atoms with van der Waals surface area (Å²) in [7, 11) is 0. The number of benzene rings is 1. The summed E-state index contributed by atoms with van der Waals surface area (Å²) in [6, 6.07) is 7.13. The Bertz CT molecular complexity index is 445. The second-order valence-electron chi connectivity index (χ2n) is 4.69. The molecule has 1 rings (SSSR count). The highest BCUT2D eigenvalue weighted by Gasteiger charge is 2.24. The van der Waals surface area contributed by atoms with Crippen LogP contribution in [0.5, 0.6) is 0 Å². The minimum atomic E-state index is -1.32. The van der Waals surface area contributed by atoms with Crippen molar-refractivity contribution in [2.45, 2.75) is 26.4 Å². The molecule has 0 aliphatic heterocycles. The number of Topliss-reactive ketones (excluding diaryl/α,β-unsaturated/α-hetero) is 1. The van der Waals surface area contributed by atoms with Crippen molar-refractivity contribution >= 4 is 11.9 Å². The van der Waals surface area contributed by atoms with Gasteiger partial charge in [0.2, 0.25) is 0 Å². The lowest BCUT2D eigenvalue weighted by Crippen LogP contribution is -2.30. The summed E-state index contributed by atoms with van der Waals surface area (Å²) in [6.07, 6.45) is 3.84. The SMILES string of the molecule is C=C(C)C=Cc1ccc(C(=O)C(C)(C)O)cc1. The van der Waals surface area contributed by atoms with Gasteiger partial charge in [0.25, 0.3) is 0 Å². The van der Waals surface area contributed by atoms with Gasteiger partial charge in [-0.05, 0) is 26.3 Å². The van der Waals surface area contributed by atoms with Crippen LogP contribution in [0.1, 0.15) is 36.7 Å². The number of hydrogen-bond acceptors (Lipinski definition) is 2. The molecule has 0 saturated heterocycles. The minimum Gasteiger partial charge on any atom is -0.382 e. The normalized spacial score (nSPS) is 11.8. The van der Waals surface area contributed by atoms with Crippen molar-refractivity contribution in [2.24, 2.45) is 0 Å². The number of carbonyl (C=O) groups excluding carboxylic acids is 1. The van der Waals surface area contributed by atoms with Crippen molar-refractivity contribution in [1.82, 2.24) is 0 Å². The van der Waals surface area contributed by atoms with E-state index in [4.69, 9.17) is 0 Å². The van der Waals surface area contributed by atoms with Crippen molar-refractivity contribution < 1.29 is 9.90 Å². The number of allylic oxidation sites excluding steroid dienone is 2. The van der Waals surface area contributed by atoms with Gasteiger partial charge in [-0.3, -0.25) is 4.79 Å². The van der Waals surface area contributed by atoms with Gasteiger partial charge in [-0.15, -0.1) is 0 Å². The zero-order valence-corrected chi connectivity index (χ0v) is 10.5. The molecule has 0 unspecified atom stereocenters. The van der Waals surface area contributed by atoms with Crippen molar-refractivity contribution in [2.75, 3.05) is 0 Å². The van der Waals surface area contributed by atoms with Crippen molar-refractivity contribution in [3.05, 3.63) is 53.6 Å². The fraction of sp³-hybridized carbons (Fsp3) is 0.267. The molecule has 0 aliphatic rings. The van der Waals surface area contributed by atoms with Crippen LogP contribution in [0.25, 0.3) is 6.08 Å². The molecule has 0 aliphatic carbocycles. The third kappa shape index (κ3) is 4.00.